The summed E-state index contributed by atoms with van der Waals surface area (Å²) in [6.07, 6.45) is 2.26. The van der Waals surface area contributed by atoms with Gasteiger partial charge in [0.05, 0.1) is 0 Å². The molecule has 0 N–H and O–H groups in total. The van der Waals surface area contributed by atoms with Crippen LogP contribution in [0.3, 0.4) is 0 Å². The standard InChI is InChI=1S/C6H10S.C2H6/c1-6(2)3-4-7-5-6;1-2/h3-4H,5H2,1-2H3;1-2H3. The second-order valence-electron chi connectivity index (χ2n) is 2.60. The Balaban J connectivity index is 0.000000291. The van der Waals surface area contributed by atoms with Gasteiger partial charge >= 0.3 is 0 Å². The van der Waals surface area contributed by atoms with E-state index in [1.807, 2.05) is 25.6 Å². The Labute approximate surface area is 62.7 Å². The van der Waals surface area contributed by atoms with Crippen LogP contribution in [0.25, 0.3) is 0 Å². The molecular weight excluding hydrogens is 128 g/mol. The minimum Gasteiger partial charge on any atom is -0.134 e. The summed E-state index contributed by atoms with van der Waals surface area (Å²) in [6.45, 7) is 8.51. The maximum atomic E-state index is 2.26. The molecule has 1 rings (SSSR count). The summed E-state index contributed by atoms with van der Waals surface area (Å²) in [4.78, 5) is 0. The van der Waals surface area contributed by atoms with Gasteiger partial charge in [0.15, 0.2) is 0 Å². The van der Waals surface area contributed by atoms with Crippen molar-refractivity contribution in [1.82, 2.24) is 0 Å². The smallest absolute Gasteiger partial charge is 0.00603 e. The van der Waals surface area contributed by atoms with Gasteiger partial charge in [-0.1, -0.05) is 33.8 Å². The normalized spacial score (nSPS) is 20.9. The maximum absolute atomic E-state index is 2.26. The van der Waals surface area contributed by atoms with Gasteiger partial charge in [0.25, 0.3) is 0 Å². The van der Waals surface area contributed by atoms with Crippen molar-refractivity contribution in [3.8, 4) is 0 Å². The average molecular weight is 144 g/mol. The monoisotopic (exact) mass is 144 g/mol. The summed E-state index contributed by atoms with van der Waals surface area (Å²) < 4.78 is 0. The zero-order chi connectivity index (χ0) is 7.33. The van der Waals surface area contributed by atoms with Crippen LogP contribution in [-0.4, -0.2) is 5.75 Å². The minimum atomic E-state index is 0.477. The molecule has 9 heavy (non-hydrogen) atoms. The van der Waals surface area contributed by atoms with Gasteiger partial charge in [-0.25, -0.2) is 0 Å². The molecule has 0 aromatic rings. The van der Waals surface area contributed by atoms with Crippen molar-refractivity contribution in [2.45, 2.75) is 27.7 Å². The predicted molar refractivity (Wildman–Crippen MR) is 46.7 cm³/mol. The maximum Gasteiger partial charge on any atom is 0.00603 e. The van der Waals surface area contributed by atoms with Crippen LogP contribution in [0.5, 0.6) is 0 Å². The van der Waals surface area contributed by atoms with Crippen LogP contribution >= 0.6 is 11.8 Å². The number of thioether (sulfide) groups is 1. The lowest BCUT2D eigenvalue weighted by Gasteiger charge is -2.10. The second kappa shape index (κ2) is 3.99. The van der Waals surface area contributed by atoms with Crippen molar-refractivity contribution in [1.29, 1.82) is 0 Å². The van der Waals surface area contributed by atoms with Gasteiger partial charge in [0.1, 0.15) is 0 Å². The lowest BCUT2D eigenvalue weighted by atomic mass is 9.98. The average Bonchev–Trinajstić information content (AvgIpc) is 2.19. The zero-order valence-corrected chi connectivity index (χ0v) is 7.59. The van der Waals surface area contributed by atoms with Crippen molar-refractivity contribution in [3.05, 3.63) is 11.5 Å². The number of hydrogen-bond acceptors (Lipinski definition) is 1. The zero-order valence-electron chi connectivity index (χ0n) is 6.77. The van der Waals surface area contributed by atoms with E-state index in [1.54, 1.807) is 0 Å². The van der Waals surface area contributed by atoms with Gasteiger partial charge in [0.2, 0.25) is 0 Å². The first-order chi connectivity index (χ1) is 4.21. The molecule has 0 spiro atoms. The molecule has 0 saturated heterocycles. The molecule has 0 aliphatic carbocycles. The van der Waals surface area contributed by atoms with Crippen molar-refractivity contribution >= 4 is 11.8 Å². The van der Waals surface area contributed by atoms with Crippen LogP contribution in [0.1, 0.15) is 27.7 Å². The first-order valence-electron chi connectivity index (χ1n) is 3.50. The summed E-state index contributed by atoms with van der Waals surface area (Å²) in [7, 11) is 0. The Morgan fingerprint density at radius 2 is 1.89 bits per heavy atom. The van der Waals surface area contributed by atoms with Crippen LogP contribution in [-0.2, 0) is 0 Å². The third-order valence-electron chi connectivity index (χ3n) is 1.07. The van der Waals surface area contributed by atoms with Gasteiger partial charge < -0.3 is 0 Å². The topological polar surface area (TPSA) is 0 Å². The summed E-state index contributed by atoms with van der Waals surface area (Å²) >= 11 is 1.90. The Hall–Kier alpha value is 0.0900. The summed E-state index contributed by atoms with van der Waals surface area (Å²) in [6, 6.07) is 0. The number of rotatable bonds is 0. The molecule has 0 atom stereocenters. The second-order valence-corrected chi connectivity index (χ2v) is 3.50. The van der Waals surface area contributed by atoms with Crippen molar-refractivity contribution < 1.29 is 0 Å². The highest BCUT2D eigenvalue weighted by molar-refractivity contribution is 8.02. The van der Waals surface area contributed by atoms with Gasteiger partial charge in [-0.05, 0) is 10.8 Å². The lowest BCUT2D eigenvalue weighted by Crippen LogP contribution is -2.05. The highest BCUT2D eigenvalue weighted by Gasteiger charge is 2.16. The molecule has 0 aromatic carbocycles. The molecule has 0 aromatic heterocycles. The minimum absolute atomic E-state index is 0.477. The van der Waals surface area contributed by atoms with E-state index >= 15 is 0 Å². The quantitative estimate of drug-likeness (QED) is 0.502. The Bertz CT molecular complexity index is 92.7. The Morgan fingerprint density at radius 1 is 1.33 bits per heavy atom. The van der Waals surface area contributed by atoms with Crippen molar-refractivity contribution in [3.63, 3.8) is 0 Å². The van der Waals surface area contributed by atoms with E-state index in [0.29, 0.717) is 5.41 Å². The van der Waals surface area contributed by atoms with Crippen LogP contribution in [0, 0.1) is 5.41 Å². The molecular formula is C8H16S. The fraction of sp³-hybridized carbons (Fsp3) is 0.750. The van der Waals surface area contributed by atoms with E-state index in [0.717, 1.165) is 0 Å². The third-order valence-corrected chi connectivity index (χ3v) is 2.31. The molecule has 1 heteroatoms. The molecule has 1 heterocycles. The molecule has 1 aliphatic rings. The van der Waals surface area contributed by atoms with E-state index < -0.39 is 0 Å². The van der Waals surface area contributed by atoms with E-state index in [-0.39, 0.29) is 0 Å². The first-order valence-corrected chi connectivity index (χ1v) is 4.55. The van der Waals surface area contributed by atoms with E-state index in [1.165, 1.54) is 5.75 Å². The fourth-order valence-corrected chi connectivity index (χ4v) is 1.63. The summed E-state index contributed by atoms with van der Waals surface area (Å²) in [5, 5.41) is 2.18. The highest BCUT2D eigenvalue weighted by Crippen LogP contribution is 2.30. The summed E-state index contributed by atoms with van der Waals surface area (Å²) in [5.41, 5.74) is 0.477. The van der Waals surface area contributed by atoms with E-state index in [2.05, 4.69) is 25.3 Å². The molecule has 0 fully saturated rings. The van der Waals surface area contributed by atoms with Crippen molar-refractivity contribution in [2.75, 3.05) is 5.75 Å². The van der Waals surface area contributed by atoms with Gasteiger partial charge in [-0.2, -0.15) is 0 Å². The van der Waals surface area contributed by atoms with Crippen LogP contribution in [0.15, 0.2) is 11.5 Å². The SMILES string of the molecule is CC.CC1(C)C=CSC1. The van der Waals surface area contributed by atoms with Gasteiger partial charge in [-0.15, -0.1) is 11.8 Å². The summed E-state index contributed by atoms with van der Waals surface area (Å²) in [5.74, 6) is 1.26. The molecule has 0 saturated carbocycles. The predicted octanol–water partition coefficient (Wildman–Crippen LogP) is 3.30. The van der Waals surface area contributed by atoms with E-state index in [9.17, 15) is 0 Å². The van der Waals surface area contributed by atoms with Gasteiger partial charge in [-0.3, -0.25) is 0 Å². The van der Waals surface area contributed by atoms with Crippen LogP contribution in [0.2, 0.25) is 0 Å². The van der Waals surface area contributed by atoms with Crippen LogP contribution < -0.4 is 0 Å². The molecule has 0 bridgehead atoms. The lowest BCUT2D eigenvalue weighted by molar-refractivity contribution is 0.565. The fourth-order valence-electron chi connectivity index (χ4n) is 0.543. The van der Waals surface area contributed by atoms with E-state index in [4.69, 9.17) is 0 Å². The Morgan fingerprint density at radius 3 is 2.00 bits per heavy atom. The molecule has 0 nitrogen and oxygen atoms in total. The molecule has 0 unspecified atom stereocenters. The largest absolute Gasteiger partial charge is 0.134 e. The molecule has 54 valence electrons. The number of allylic oxidation sites excluding steroid dienone is 1. The third kappa shape index (κ3) is 3.63. The van der Waals surface area contributed by atoms with Crippen LogP contribution in [0.4, 0.5) is 0 Å². The molecule has 1 aliphatic heterocycles. The Kier molecular flexibility index (Phi) is 4.03. The number of hydrogen-bond donors (Lipinski definition) is 0. The van der Waals surface area contributed by atoms with Crippen molar-refractivity contribution in [2.24, 2.45) is 5.41 Å². The molecule has 0 amide bonds. The molecule has 0 radical (unpaired) electrons. The first kappa shape index (κ1) is 9.09. The highest BCUT2D eigenvalue weighted by atomic mass is 32.2. The van der Waals surface area contributed by atoms with Gasteiger partial charge in [0, 0.05) is 5.75 Å².